The molecule has 0 unspecified atom stereocenters. The van der Waals surface area contributed by atoms with Crippen LogP contribution in [0.15, 0.2) is 16.6 Å². The van der Waals surface area contributed by atoms with Crippen molar-refractivity contribution in [2.75, 3.05) is 0 Å². The van der Waals surface area contributed by atoms with E-state index in [0.717, 1.165) is 4.47 Å². The second kappa shape index (κ2) is 4.01. The van der Waals surface area contributed by atoms with Crippen molar-refractivity contribution in [3.8, 4) is 0 Å². The van der Waals surface area contributed by atoms with E-state index in [0.29, 0.717) is 11.1 Å². The highest BCUT2D eigenvalue weighted by atomic mass is 79.9. The van der Waals surface area contributed by atoms with Crippen LogP contribution in [0.2, 0.25) is 0 Å². The van der Waals surface area contributed by atoms with Crippen molar-refractivity contribution >= 4 is 21.7 Å². The Kier molecular flexibility index (Phi) is 3.20. The molecule has 0 spiro atoms. The van der Waals surface area contributed by atoms with Gasteiger partial charge in [0.1, 0.15) is 11.6 Å². The SMILES string of the molecule is CC(=O)Cc1ccc(Br)c(C)c1F. The van der Waals surface area contributed by atoms with Gasteiger partial charge in [0, 0.05) is 10.9 Å². The molecular formula is C10H10BrFO. The Morgan fingerprint density at radius 3 is 2.69 bits per heavy atom. The fourth-order valence-electron chi connectivity index (χ4n) is 1.12. The van der Waals surface area contributed by atoms with Gasteiger partial charge >= 0.3 is 0 Å². The second-order valence-electron chi connectivity index (χ2n) is 3.02. The average molecular weight is 245 g/mol. The smallest absolute Gasteiger partial charge is 0.134 e. The molecule has 0 bridgehead atoms. The Morgan fingerprint density at radius 2 is 2.15 bits per heavy atom. The number of hydrogen-bond donors (Lipinski definition) is 0. The third-order valence-corrected chi connectivity index (χ3v) is 2.70. The first-order chi connectivity index (χ1) is 6.02. The van der Waals surface area contributed by atoms with Crippen molar-refractivity contribution in [2.24, 2.45) is 0 Å². The summed E-state index contributed by atoms with van der Waals surface area (Å²) in [4.78, 5) is 10.8. The molecule has 1 nitrogen and oxygen atoms in total. The molecule has 0 aliphatic heterocycles. The van der Waals surface area contributed by atoms with E-state index in [1.54, 1.807) is 19.1 Å². The van der Waals surface area contributed by atoms with Crippen LogP contribution in [0.4, 0.5) is 4.39 Å². The third-order valence-electron chi connectivity index (χ3n) is 1.84. The molecule has 0 radical (unpaired) electrons. The highest BCUT2D eigenvalue weighted by Gasteiger charge is 2.09. The minimum Gasteiger partial charge on any atom is -0.300 e. The van der Waals surface area contributed by atoms with Crippen molar-refractivity contribution in [3.63, 3.8) is 0 Å². The Balaban J connectivity index is 3.10. The molecule has 3 heteroatoms. The van der Waals surface area contributed by atoms with Crippen molar-refractivity contribution < 1.29 is 9.18 Å². The first kappa shape index (κ1) is 10.4. The van der Waals surface area contributed by atoms with E-state index in [4.69, 9.17) is 0 Å². The molecule has 0 saturated carbocycles. The molecule has 0 saturated heterocycles. The van der Waals surface area contributed by atoms with Gasteiger partial charge in [0.15, 0.2) is 0 Å². The summed E-state index contributed by atoms with van der Waals surface area (Å²) < 4.78 is 14.2. The van der Waals surface area contributed by atoms with Gasteiger partial charge in [-0.2, -0.15) is 0 Å². The maximum Gasteiger partial charge on any atom is 0.134 e. The predicted octanol–water partition coefficient (Wildman–Crippen LogP) is 3.03. The molecule has 0 amide bonds. The van der Waals surface area contributed by atoms with Gasteiger partial charge in [-0.1, -0.05) is 22.0 Å². The quantitative estimate of drug-likeness (QED) is 0.782. The molecule has 70 valence electrons. The largest absolute Gasteiger partial charge is 0.300 e. The Bertz CT molecular complexity index is 347. The number of benzene rings is 1. The summed E-state index contributed by atoms with van der Waals surface area (Å²) in [6, 6.07) is 3.39. The normalized spacial score (nSPS) is 10.2. The van der Waals surface area contributed by atoms with Gasteiger partial charge in [-0.05, 0) is 31.0 Å². The van der Waals surface area contributed by atoms with Crippen molar-refractivity contribution in [2.45, 2.75) is 20.3 Å². The zero-order valence-electron chi connectivity index (χ0n) is 7.53. The fourth-order valence-corrected chi connectivity index (χ4v) is 1.43. The lowest BCUT2D eigenvalue weighted by Crippen LogP contribution is -2.01. The lowest BCUT2D eigenvalue weighted by molar-refractivity contribution is -0.116. The van der Waals surface area contributed by atoms with Gasteiger partial charge in [-0.25, -0.2) is 4.39 Å². The van der Waals surface area contributed by atoms with E-state index < -0.39 is 0 Å². The molecule has 0 aliphatic carbocycles. The fraction of sp³-hybridized carbons (Fsp3) is 0.300. The van der Waals surface area contributed by atoms with E-state index >= 15 is 0 Å². The van der Waals surface area contributed by atoms with Gasteiger partial charge in [0.25, 0.3) is 0 Å². The number of Topliss-reactive ketones (excluding diaryl/α,β-unsaturated/α-hetero) is 1. The average Bonchev–Trinajstić information content (AvgIpc) is 2.06. The van der Waals surface area contributed by atoms with E-state index in [1.807, 2.05) is 0 Å². The summed E-state index contributed by atoms with van der Waals surface area (Å²) in [6.45, 7) is 3.14. The van der Waals surface area contributed by atoms with Crippen LogP contribution in [-0.2, 0) is 11.2 Å². The van der Waals surface area contributed by atoms with Gasteiger partial charge < -0.3 is 0 Å². The van der Waals surface area contributed by atoms with Gasteiger partial charge in [0.05, 0.1) is 0 Å². The number of halogens is 2. The molecule has 0 heterocycles. The summed E-state index contributed by atoms with van der Waals surface area (Å²) in [7, 11) is 0. The monoisotopic (exact) mass is 244 g/mol. The number of carbonyl (C=O) groups excluding carboxylic acids is 1. The van der Waals surface area contributed by atoms with Crippen LogP contribution in [0.1, 0.15) is 18.1 Å². The lowest BCUT2D eigenvalue weighted by atomic mass is 10.1. The van der Waals surface area contributed by atoms with Crippen LogP contribution >= 0.6 is 15.9 Å². The summed E-state index contributed by atoms with van der Waals surface area (Å²) in [5.74, 6) is -0.315. The van der Waals surface area contributed by atoms with Crippen LogP contribution in [0, 0.1) is 12.7 Å². The minimum atomic E-state index is -0.287. The molecule has 1 aromatic carbocycles. The van der Waals surface area contributed by atoms with E-state index in [9.17, 15) is 9.18 Å². The lowest BCUT2D eigenvalue weighted by Gasteiger charge is -2.05. The first-order valence-electron chi connectivity index (χ1n) is 3.95. The summed E-state index contributed by atoms with van der Waals surface area (Å²) in [5.41, 5.74) is 1.02. The summed E-state index contributed by atoms with van der Waals surface area (Å²) >= 11 is 3.22. The molecule has 13 heavy (non-hydrogen) atoms. The topological polar surface area (TPSA) is 17.1 Å². The molecule has 0 aromatic heterocycles. The molecule has 0 fully saturated rings. The van der Waals surface area contributed by atoms with E-state index in [1.165, 1.54) is 6.92 Å². The molecule has 0 atom stereocenters. The Labute approximate surface area is 85.1 Å². The maximum atomic E-state index is 13.4. The molecule has 0 N–H and O–H groups in total. The van der Waals surface area contributed by atoms with Crippen LogP contribution < -0.4 is 0 Å². The highest BCUT2D eigenvalue weighted by Crippen LogP contribution is 2.22. The third kappa shape index (κ3) is 2.37. The summed E-state index contributed by atoms with van der Waals surface area (Å²) in [6.07, 6.45) is 0.167. The van der Waals surface area contributed by atoms with E-state index in [-0.39, 0.29) is 18.0 Å². The Morgan fingerprint density at radius 1 is 1.54 bits per heavy atom. The number of rotatable bonds is 2. The summed E-state index contributed by atoms with van der Waals surface area (Å²) in [5, 5.41) is 0. The number of hydrogen-bond acceptors (Lipinski definition) is 1. The van der Waals surface area contributed by atoms with Gasteiger partial charge in [0.2, 0.25) is 0 Å². The molecule has 1 rings (SSSR count). The first-order valence-corrected chi connectivity index (χ1v) is 4.74. The molecule has 1 aromatic rings. The number of ketones is 1. The minimum absolute atomic E-state index is 0.0272. The zero-order valence-corrected chi connectivity index (χ0v) is 9.11. The van der Waals surface area contributed by atoms with Crippen molar-refractivity contribution in [1.29, 1.82) is 0 Å². The second-order valence-corrected chi connectivity index (χ2v) is 3.88. The van der Waals surface area contributed by atoms with E-state index in [2.05, 4.69) is 15.9 Å². The number of carbonyl (C=O) groups is 1. The predicted molar refractivity (Wildman–Crippen MR) is 53.2 cm³/mol. The zero-order chi connectivity index (χ0) is 10.0. The Hall–Kier alpha value is -0.700. The van der Waals surface area contributed by atoms with Gasteiger partial charge in [-0.3, -0.25) is 4.79 Å². The van der Waals surface area contributed by atoms with Gasteiger partial charge in [-0.15, -0.1) is 0 Å². The van der Waals surface area contributed by atoms with Crippen molar-refractivity contribution in [1.82, 2.24) is 0 Å². The van der Waals surface area contributed by atoms with Crippen LogP contribution in [-0.4, -0.2) is 5.78 Å². The highest BCUT2D eigenvalue weighted by molar-refractivity contribution is 9.10. The van der Waals surface area contributed by atoms with Crippen molar-refractivity contribution in [3.05, 3.63) is 33.5 Å². The van der Waals surface area contributed by atoms with Crippen LogP contribution in [0.5, 0.6) is 0 Å². The van der Waals surface area contributed by atoms with Crippen LogP contribution in [0.25, 0.3) is 0 Å². The maximum absolute atomic E-state index is 13.4. The molecule has 0 aliphatic rings. The molecular weight excluding hydrogens is 235 g/mol. The standard InChI is InChI=1S/C10H10BrFO/c1-6(13)5-8-3-4-9(11)7(2)10(8)12/h3-4H,5H2,1-2H3. The van der Waals surface area contributed by atoms with Crippen LogP contribution in [0.3, 0.4) is 0 Å².